The fourth-order valence-corrected chi connectivity index (χ4v) is 1.61. The van der Waals surface area contributed by atoms with E-state index in [-0.39, 0.29) is 12.4 Å². The van der Waals surface area contributed by atoms with Crippen LogP contribution in [0.1, 0.15) is 19.4 Å². The molecule has 3 heteroatoms. The molecule has 0 N–H and O–H groups in total. The molecule has 0 aliphatic carbocycles. The van der Waals surface area contributed by atoms with Gasteiger partial charge in [-0.1, -0.05) is 44.2 Å². The molecule has 0 aromatic heterocycles. The van der Waals surface area contributed by atoms with Crippen LogP contribution in [0, 0.1) is 0 Å². The van der Waals surface area contributed by atoms with E-state index in [0.717, 1.165) is 15.2 Å². The summed E-state index contributed by atoms with van der Waals surface area (Å²) in [4.78, 5) is 0. The van der Waals surface area contributed by atoms with E-state index in [2.05, 4.69) is 13.8 Å². The Morgan fingerprint density at radius 1 is 1.07 bits per heavy atom. The molecular formula is C11H18AlCl2. The summed E-state index contributed by atoms with van der Waals surface area (Å²) in [6.07, 6.45) is 0. The first kappa shape index (κ1) is 16.8. The highest BCUT2D eigenvalue weighted by Gasteiger charge is 1.81. The average Bonchev–Trinajstić information content (AvgIpc) is 2.21. The van der Waals surface area contributed by atoms with Crippen molar-refractivity contribution in [2.45, 2.75) is 30.3 Å². The van der Waals surface area contributed by atoms with E-state index >= 15 is 0 Å². The minimum absolute atomic E-state index is 0. The normalized spacial score (nSPS) is 7.93. The van der Waals surface area contributed by atoms with Crippen LogP contribution >= 0.6 is 24.0 Å². The zero-order valence-electron chi connectivity index (χ0n) is 8.87. The Labute approximate surface area is 105 Å². The van der Waals surface area contributed by atoms with Crippen molar-refractivity contribution in [2.24, 2.45) is 0 Å². The number of alkyl halides is 1. The van der Waals surface area contributed by atoms with E-state index < -0.39 is 0 Å². The second-order valence-electron chi connectivity index (χ2n) is 2.72. The van der Waals surface area contributed by atoms with Crippen molar-refractivity contribution in [3.63, 3.8) is 0 Å². The summed E-state index contributed by atoms with van der Waals surface area (Å²) in [6.45, 7) is 4.50. The van der Waals surface area contributed by atoms with Gasteiger partial charge in [0, 0.05) is 5.88 Å². The van der Waals surface area contributed by atoms with Crippen LogP contribution in [0.3, 0.4) is 0 Å². The van der Waals surface area contributed by atoms with Crippen molar-refractivity contribution in [3.8, 4) is 0 Å². The molecule has 1 aromatic carbocycles. The summed E-state index contributed by atoms with van der Waals surface area (Å²) in [5.41, 5.74) is 1.18. The Morgan fingerprint density at radius 3 is 1.79 bits per heavy atom. The maximum Gasteiger partial charge on any atom is 0.198 e. The quantitative estimate of drug-likeness (QED) is 0.548. The molecule has 0 saturated heterocycles. The van der Waals surface area contributed by atoms with Crippen molar-refractivity contribution in [2.75, 3.05) is 0 Å². The molecule has 1 rings (SSSR count). The molecule has 1 radical (unpaired) electrons. The molecule has 0 aliphatic rings. The molecule has 1 aromatic rings. The highest BCUT2D eigenvalue weighted by molar-refractivity contribution is 6.34. The van der Waals surface area contributed by atoms with Gasteiger partial charge in [0.2, 0.25) is 0 Å². The van der Waals surface area contributed by atoms with Gasteiger partial charge in [-0.3, -0.25) is 0 Å². The molecule has 0 amide bonds. The highest BCUT2D eigenvalue weighted by atomic mass is 35.5. The van der Waals surface area contributed by atoms with Crippen molar-refractivity contribution in [1.29, 1.82) is 0 Å². The SMILES string of the molecule is C[CH2][Al][CH2]C.Cl.ClCc1ccccc1. The third-order valence-electron chi connectivity index (χ3n) is 1.57. The lowest BCUT2D eigenvalue weighted by molar-refractivity contribution is 1.36. The lowest BCUT2D eigenvalue weighted by atomic mass is 10.2. The zero-order chi connectivity index (χ0) is 9.94. The highest BCUT2D eigenvalue weighted by Crippen LogP contribution is 2.00. The van der Waals surface area contributed by atoms with Gasteiger partial charge in [-0.2, -0.15) is 0 Å². The topological polar surface area (TPSA) is 0 Å². The Bertz CT molecular complexity index is 188. The van der Waals surface area contributed by atoms with Crippen molar-refractivity contribution >= 4 is 39.2 Å². The van der Waals surface area contributed by atoms with Gasteiger partial charge in [0.15, 0.2) is 15.2 Å². The minimum atomic E-state index is 0. The summed E-state index contributed by atoms with van der Waals surface area (Å²) in [6, 6.07) is 9.96. The lowest BCUT2D eigenvalue weighted by Gasteiger charge is -1.88. The van der Waals surface area contributed by atoms with Crippen LogP contribution in [0.15, 0.2) is 30.3 Å². The number of halogens is 2. The fourth-order valence-electron chi connectivity index (χ4n) is 0.856. The van der Waals surface area contributed by atoms with Gasteiger partial charge in [0.05, 0.1) is 0 Å². The number of rotatable bonds is 3. The smallest absolute Gasteiger partial charge is 0.147 e. The number of hydrogen-bond acceptors (Lipinski definition) is 0. The lowest BCUT2D eigenvalue weighted by Crippen LogP contribution is -1.76. The minimum Gasteiger partial charge on any atom is -0.147 e. The largest absolute Gasteiger partial charge is 0.198 e. The standard InChI is InChI=1S/C7H7Cl.2C2H5.Al.ClH/c8-6-7-4-2-1-3-5-7;2*1-2;;/h1-5H,6H2;2*1H2,2H3;;1H. The van der Waals surface area contributed by atoms with E-state index in [9.17, 15) is 0 Å². The predicted octanol–water partition coefficient (Wildman–Crippen LogP) is 4.41. The number of hydrogen-bond donors (Lipinski definition) is 0. The van der Waals surface area contributed by atoms with Crippen LogP contribution in [0.4, 0.5) is 0 Å². The molecule has 0 heterocycles. The van der Waals surface area contributed by atoms with Crippen molar-refractivity contribution in [3.05, 3.63) is 35.9 Å². The molecule has 14 heavy (non-hydrogen) atoms. The fraction of sp³-hybridized carbons (Fsp3) is 0.455. The number of benzene rings is 1. The van der Waals surface area contributed by atoms with Gasteiger partial charge in [-0.25, -0.2) is 0 Å². The Balaban J connectivity index is 0. The molecule has 0 spiro atoms. The Morgan fingerprint density at radius 2 is 1.57 bits per heavy atom. The van der Waals surface area contributed by atoms with Crippen molar-refractivity contribution in [1.82, 2.24) is 0 Å². The molecule has 0 fully saturated rings. The maximum absolute atomic E-state index is 5.53. The molecule has 0 nitrogen and oxygen atoms in total. The van der Waals surface area contributed by atoms with Gasteiger partial charge in [-0.05, 0) is 5.56 Å². The maximum atomic E-state index is 5.53. The predicted molar refractivity (Wildman–Crippen MR) is 70.0 cm³/mol. The molecule has 0 saturated carbocycles. The molecule has 0 unspecified atom stereocenters. The van der Waals surface area contributed by atoms with Gasteiger partial charge in [0.25, 0.3) is 0 Å². The summed E-state index contributed by atoms with van der Waals surface area (Å²) in [7, 11) is 0. The van der Waals surface area contributed by atoms with Gasteiger partial charge in [0.1, 0.15) is 0 Å². The summed E-state index contributed by atoms with van der Waals surface area (Å²) in [5, 5.41) is 2.85. The van der Waals surface area contributed by atoms with Gasteiger partial charge in [-0.15, -0.1) is 34.6 Å². The van der Waals surface area contributed by atoms with Crippen LogP contribution in [-0.4, -0.2) is 15.2 Å². The molecular weight excluding hydrogens is 230 g/mol. The first-order valence-corrected chi connectivity index (χ1v) is 6.93. The van der Waals surface area contributed by atoms with Crippen LogP contribution < -0.4 is 0 Å². The van der Waals surface area contributed by atoms with Crippen LogP contribution in [0.5, 0.6) is 0 Å². The third kappa shape index (κ3) is 10.4. The van der Waals surface area contributed by atoms with Crippen LogP contribution in [-0.2, 0) is 5.88 Å². The molecule has 0 aliphatic heterocycles. The van der Waals surface area contributed by atoms with E-state index in [1.165, 1.54) is 16.1 Å². The van der Waals surface area contributed by atoms with E-state index in [4.69, 9.17) is 11.6 Å². The zero-order valence-corrected chi connectivity index (χ0v) is 11.6. The van der Waals surface area contributed by atoms with Crippen LogP contribution in [0.2, 0.25) is 10.6 Å². The molecule has 0 bridgehead atoms. The van der Waals surface area contributed by atoms with Crippen molar-refractivity contribution < 1.29 is 0 Å². The van der Waals surface area contributed by atoms with Crippen LogP contribution in [0.25, 0.3) is 0 Å². The second-order valence-corrected chi connectivity index (χ2v) is 5.20. The summed E-state index contributed by atoms with van der Waals surface area (Å²) < 4.78 is 0. The molecule has 0 atom stereocenters. The summed E-state index contributed by atoms with van der Waals surface area (Å²) in [5.74, 6) is 0.612. The van der Waals surface area contributed by atoms with E-state index in [1.807, 2.05) is 30.3 Å². The second kappa shape index (κ2) is 13.3. The van der Waals surface area contributed by atoms with E-state index in [1.54, 1.807) is 0 Å². The first-order valence-electron chi connectivity index (χ1n) is 4.76. The monoisotopic (exact) mass is 247 g/mol. The van der Waals surface area contributed by atoms with E-state index in [0.29, 0.717) is 5.88 Å². The summed E-state index contributed by atoms with van der Waals surface area (Å²) >= 11 is 6.34. The van der Waals surface area contributed by atoms with Gasteiger partial charge < -0.3 is 0 Å². The first-order chi connectivity index (χ1) is 6.35. The third-order valence-corrected chi connectivity index (χ3v) is 3.04. The van der Waals surface area contributed by atoms with Gasteiger partial charge >= 0.3 is 0 Å². The Hall–Kier alpha value is 0.332. The molecule has 79 valence electrons. The Kier molecular flexibility index (Phi) is 16.0. The average molecular weight is 248 g/mol.